The predicted octanol–water partition coefficient (Wildman–Crippen LogP) is 2.32. The van der Waals surface area contributed by atoms with Crippen LogP contribution in [0.2, 0.25) is 0 Å². The van der Waals surface area contributed by atoms with Crippen LogP contribution < -0.4 is 5.32 Å². The summed E-state index contributed by atoms with van der Waals surface area (Å²) in [5.41, 5.74) is 0.900. The Kier molecular flexibility index (Phi) is 5.11. The second kappa shape index (κ2) is 6.50. The maximum atomic E-state index is 12.8. The molecule has 5 nitrogen and oxygen atoms in total. The smallest absolute Gasteiger partial charge is 0.244 e. The fraction of sp³-hybridized carbons (Fsp3) is 0.733. The molecule has 0 radical (unpaired) electrons. The van der Waals surface area contributed by atoms with Gasteiger partial charge < -0.3 is 10.3 Å². The number of sulfonamides is 1. The maximum absolute atomic E-state index is 12.8. The van der Waals surface area contributed by atoms with E-state index in [9.17, 15) is 8.42 Å². The standard InChI is InChI=1S/C15H27N3O2S/c1-11(2)16-8-14-7-15(9-17-14)21(19,20)18(12(3)4)10-13-5-6-13/h7,9,11-13,16-17H,5-6,8,10H2,1-4H3. The quantitative estimate of drug-likeness (QED) is 0.774. The molecule has 2 N–H and O–H groups in total. The lowest BCUT2D eigenvalue weighted by molar-refractivity contribution is 0.342. The Morgan fingerprint density at radius 2 is 2.00 bits per heavy atom. The van der Waals surface area contributed by atoms with Crippen LogP contribution in [-0.4, -0.2) is 36.3 Å². The SMILES string of the molecule is CC(C)NCc1cc(S(=O)(=O)N(CC2CC2)C(C)C)c[nH]1. The van der Waals surface area contributed by atoms with Gasteiger partial charge in [0.1, 0.15) is 0 Å². The van der Waals surface area contributed by atoms with Gasteiger partial charge in [-0.15, -0.1) is 0 Å². The monoisotopic (exact) mass is 313 g/mol. The number of aromatic nitrogens is 1. The Morgan fingerprint density at radius 1 is 1.33 bits per heavy atom. The molecule has 2 rings (SSSR count). The molecule has 0 aliphatic heterocycles. The molecule has 1 aliphatic carbocycles. The second-order valence-electron chi connectivity index (χ2n) is 6.51. The van der Waals surface area contributed by atoms with Crippen molar-refractivity contribution in [2.45, 2.75) is 64.1 Å². The van der Waals surface area contributed by atoms with Crippen molar-refractivity contribution in [1.82, 2.24) is 14.6 Å². The minimum Gasteiger partial charge on any atom is -0.363 e. The highest BCUT2D eigenvalue weighted by molar-refractivity contribution is 7.89. The van der Waals surface area contributed by atoms with Gasteiger partial charge in [0.2, 0.25) is 10.0 Å². The lowest BCUT2D eigenvalue weighted by atomic mass is 10.3. The average molecular weight is 313 g/mol. The van der Waals surface area contributed by atoms with Gasteiger partial charge in [0.05, 0.1) is 4.90 Å². The van der Waals surface area contributed by atoms with Gasteiger partial charge in [-0.3, -0.25) is 0 Å². The summed E-state index contributed by atoms with van der Waals surface area (Å²) < 4.78 is 27.2. The van der Waals surface area contributed by atoms with Crippen LogP contribution in [0.1, 0.15) is 46.2 Å². The first-order valence-corrected chi connectivity index (χ1v) is 9.17. The fourth-order valence-corrected chi connectivity index (χ4v) is 3.99. The summed E-state index contributed by atoms with van der Waals surface area (Å²) in [6.07, 6.45) is 3.90. The summed E-state index contributed by atoms with van der Waals surface area (Å²) in [5.74, 6) is 0.545. The zero-order chi connectivity index (χ0) is 15.6. The number of nitrogens with zero attached hydrogens (tertiary/aromatic N) is 1. The molecule has 0 unspecified atom stereocenters. The van der Waals surface area contributed by atoms with E-state index in [1.165, 1.54) is 0 Å². The lowest BCUT2D eigenvalue weighted by Crippen LogP contribution is -2.38. The lowest BCUT2D eigenvalue weighted by Gasteiger charge is -2.25. The summed E-state index contributed by atoms with van der Waals surface area (Å²) in [5, 5.41) is 3.28. The van der Waals surface area contributed by atoms with Gasteiger partial charge in [0, 0.05) is 37.1 Å². The molecule has 1 saturated carbocycles. The molecule has 120 valence electrons. The molecule has 1 fully saturated rings. The number of H-pyrrole nitrogens is 1. The molecule has 1 aliphatic rings. The number of rotatable bonds is 8. The summed E-state index contributed by atoms with van der Waals surface area (Å²) in [4.78, 5) is 3.43. The summed E-state index contributed by atoms with van der Waals surface area (Å²) in [7, 11) is -3.40. The Balaban J connectivity index is 2.13. The molecule has 0 aromatic carbocycles. The molecular weight excluding hydrogens is 286 g/mol. The molecule has 0 saturated heterocycles. The summed E-state index contributed by atoms with van der Waals surface area (Å²) in [6.45, 7) is 9.30. The molecule has 1 aromatic heterocycles. The van der Waals surface area contributed by atoms with Crippen molar-refractivity contribution in [1.29, 1.82) is 0 Å². The first-order valence-electron chi connectivity index (χ1n) is 7.73. The van der Waals surface area contributed by atoms with Gasteiger partial charge in [-0.05, 0) is 38.7 Å². The molecule has 21 heavy (non-hydrogen) atoms. The van der Waals surface area contributed by atoms with Crippen LogP contribution in [0.15, 0.2) is 17.2 Å². The van der Waals surface area contributed by atoms with Gasteiger partial charge in [-0.1, -0.05) is 13.8 Å². The van der Waals surface area contributed by atoms with Crippen LogP contribution >= 0.6 is 0 Å². The highest BCUT2D eigenvalue weighted by Gasteiger charge is 2.33. The topological polar surface area (TPSA) is 65.2 Å². The summed E-state index contributed by atoms with van der Waals surface area (Å²) >= 11 is 0. The fourth-order valence-electron chi connectivity index (χ4n) is 2.26. The van der Waals surface area contributed by atoms with E-state index < -0.39 is 10.0 Å². The van der Waals surface area contributed by atoms with Crippen molar-refractivity contribution in [2.24, 2.45) is 5.92 Å². The van der Waals surface area contributed by atoms with E-state index in [0.29, 0.717) is 29.9 Å². The molecule has 1 aromatic rings. The third-order valence-electron chi connectivity index (χ3n) is 3.73. The third kappa shape index (κ3) is 4.31. The first kappa shape index (κ1) is 16.5. The minimum absolute atomic E-state index is 0.0114. The van der Waals surface area contributed by atoms with Crippen molar-refractivity contribution < 1.29 is 8.42 Å². The Hall–Kier alpha value is -0.850. The predicted molar refractivity (Wildman–Crippen MR) is 84.5 cm³/mol. The van der Waals surface area contributed by atoms with Crippen LogP contribution in [0, 0.1) is 5.92 Å². The molecule has 0 atom stereocenters. The normalized spacial score (nSPS) is 16.3. The van der Waals surface area contributed by atoms with Crippen molar-refractivity contribution in [2.75, 3.05) is 6.54 Å². The number of nitrogens with one attached hydrogen (secondary N) is 2. The first-order chi connectivity index (χ1) is 9.80. The largest absolute Gasteiger partial charge is 0.363 e. The molecule has 1 heterocycles. The van der Waals surface area contributed by atoms with Gasteiger partial charge >= 0.3 is 0 Å². The van der Waals surface area contributed by atoms with Crippen molar-refractivity contribution in [3.63, 3.8) is 0 Å². The Labute approximate surface area is 128 Å². The molecule has 6 heteroatoms. The van der Waals surface area contributed by atoms with Crippen LogP contribution in [0.3, 0.4) is 0 Å². The van der Waals surface area contributed by atoms with E-state index in [1.54, 1.807) is 16.6 Å². The molecule has 0 bridgehead atoms. The number of hydrogen-bond acceptors (Lipinski definition) is 3. The van der Waals surface area contributed by atoms with Crippen LogP contribution in [-0.2, 0) is 16.6 Å². The Morgan fingerprint density at radius 3 is 2.52 bits per heavy atom. The van der Waals surface area contributed by atoms with Gasteiger partial charge in [0.15, 0.2) is 0 Å². The second-order valence-corrected chi connectivity index (χ2v) is 8.40. The summed E-state index contributed by atoms with van der Waals surface area (Å²) in [6, 6.07) is 2.10. The van der Waals surface area contributed by atoms with Gasteiger partial charge in [0.25, 0.3) is 0 Å². The third-order valence-corrected chi connectivity index (χ3v) is 5.75. The van der Waals surface area contributed by atoms with E-state index >= 15 is 0 Å². The molecule has 0 spiro atoms. The van der Waals surface area contributed by atoms with Crippen LogP contribution in [0.25, 0.3) is 0 Å². The average Bonchev–Trinajstić information content (AvgIpc) is 3.08. The number of aromatic amines is 1. The highest BCUT2D eigenvalue weighted by Crippen LogP contribution is 2.32. The van der Waals surface area contributed by atoms with E-state index in [-0.39, 0.29) is 6.04 Å². The van der Waals surface area contributed by atoms with E-state index in [1.807, 2.05) is 13.8 Å². The van der Waals surface area contributed by atoms with Crippen molar-refractivity contribution in [3.05, 3.63) is 18.0 Å². The zero-order valence-electron chi connectivity index (χ0n) is 13.4. The van der Waals surface area contributed by atoms with Crippen molar-refractivity contribution >= 4 is 10.0 Å². The molecule has 0 amide bonds. The van der Waals surface area contributed by atoms with Crippen molar-refractivity contribution in [3.8, 4) is 0 Å². The zero-order valence-corrected chi connectivity index (χ0v) is 14.2. The van der Waals surface area contributed by atoms with E-state index in [4.69, 9.17) is 0 Å². The van der Waals surface area contributed by atoms with E-state index in [2.05, 4.69) is 24.1 Å². The Bertz CT molecular complexity index is 559. The number of hydrogen-bond donors (Lipinski definition) is 2. The maximum Gasteiger partial charge on any atom is 0.244 e. The van der Waals surface area contributed by atoms with E-state index in [0.717, 1.165) is 18.5 Å². The highest BCUT2D eigenvalue weighted by atomic mass is 32.2. The molecular formula is C15H27N3O2S. The van der Waals surface area contributed by atoms with Crippen LogP contribution in [0.5, 0.6) is 0 Å². The van der Waals surface area contributed by atoms with Gasteiger partial charge in [-0.25, -0.2) is 8.42 Å². The van der Waals surface area contributed by atoms with Gasteiger partial charge in [-0.2, -0.15) is 4.31 Å². The van der Waals surface area contributed by atoms with Crippen LogP contribution in [0.4, 0.5) is 0 Å². The minimum atomic E-state index is -3.40.